The zero-order valence-corrected chi connectivity index (χ0v) is 11.7. The highest BCUT2D eigenvalue weighted by atomic mass is 19.1. The molecule has 1 N–H and O–H groups in total. The van der Waals surface area contributed by atoms with E-state index in [9.17, 15) is 18.4 Å². The van der Waals surface area contributed by atoms with Gasteiger partial charge in [0, 0.05) is 18.5 Å². The van der Waals surface area contributed by atoms with E-state index in [0.29, 0.717) is 19.4 Å². The topological polar surface area (TPSA) is 57.6 Å². The Morgan fingerprint density at radius 2 is 1.90 bits per heavy atom. The second-order valence-corrected chi connectivity index (χ2v) is 5.12. The van der Waals surface area contributed by atoms with E-state index in [-0.39, 0.29) is 11.3 Å². The summed E-state index contributed by atoms with van der Waals surface area (Å²) in [6.45, 7) is 2.11. The monoisotopic (exact) mass is 297 g/mol. The average Bonchev–Trinajstić information content (AvgIpc) is 2.50. The first-order valence-electron chi connectivity index (χ1n) is 6.97. The van der Waals surface area contributed by atoms with E-state index in [0.717, 1.165) is 25.0 Å². The van der Waals surface area contributed by atoms with Crippen molar-refractivity contribution in [1.29, 1.82) is 0 Å². The van der Waals surface area contributed by atoms with Gasteiger partial charge in [-0.15, -0.1) is 0 Å². The van der Waals surface area contributed by atoms with E-state index < -0.39 is 29.3 Å². The van der Waals surface area contributed by atoms with Gasteiger partial charge in [-0.25, -0.2) is 8.78 Å². The number of aromatic hydroxyl groups is 1. The zero-order chi connectivity index (χ0) is 15.6. The zero-order valence-electron chi connectivity index (χ0n) is 11.7. The van der Waals surface area contributed by atoms with Crippen molar-refractivity contribution < 1.29 is 23.5 Å². The lowest BCUT2D eigenvalue weighted by Crippen LogP contribution is -2.47. The molecule has 1 aliphatic rings. The maximum absolute atomic E-state index is 13.4. The highest BCUT2D eigenvalue weighted by Crippen LogP contribution is 2.25. The Bertz CT molecular complexity index is 551. The third-order valence-corrected chi connectivity index (χ3v) is 3.75. The molecule has 1 saturated heterocycles. The molecule has 21 heavy (non-hydrogen) atoms. The maximum atomic E-state index is 13.4. The Hall–Kier alpha value is -1.98. The number of ketones is 1. The minimum atomic E-state index is -1.19. The normalized spacial score (nSPS) is 18.6. The van der Waals surface area contributed by atoms with Gasteiger partial charge in [-0.2, -0.15) is 0 Å². The van der Waals surface area contributed by atoms with Gasteiger partial charge in [0.05, 0.1) is 6.04 Å². The van der Waals surface area contributed by atoms with Gasteiger partial charge in [-0.1, -0.05) is 6.92 Å². The standard InChI is InChI=1S/C15H17F2NO3/c1-2-13(19)12-5-3-4-6-18(12)15(21)9-7-10(16)14(20)11(17)8-9/h7-8,12,20H,2-6H2,1H3/t12-/m0/s1. The van der Waals surface area contributed by atoms with Gasteiger partial charge in [0.1, 0.15) is 0 Å². The molecule has 0 bridgehead atoms. The van der Waals surface area contributed by atoms with Crippen LogP contribution in [0.3, 0.4) is 0 Å². The van der Waals surface area contributed by atoms with Crippen molar-refractivity contribution in [2.24, 2.45) is 0 Å². The Kier molecular flexibility index (Phi) is 4.55. The molecular formula is C15H17F2NO3. The van der Waals surface area contributed by atoms with E-state index in [1.807, 2.05) is 0 Å². The number of phenolic OH excluding ortho intramolecular Hbond substituents is 1. The minimum absolute atomic E-state index is 0.0530. The van der Waals surface area contributed by atoms with Gasteiger partial charge in [0.15, 0.2) is 23.2 Å². The number of piperidine rings is 1. The van der Waals surface area contributed by atoms with Crippen LogP contribution in [-0.2, 0) is 4.79 Å². The summed E-state index contributed by atoms with van der Waals surface area (Å²) in [7, 11) is 0. The molecular weight excluding hydrogens is 280 g/mol. The predicted molar refractivity (Wildman–Crippen MR) is 72.0 cm³/mol. The first-order valence-corrected chi connectivity index (χ1v) is 6.97. The van der Waals surface area contributed by atoms with Crippen LogP contribution in [0.2, 0.25) is 0 Å². The summed E-state index contributed by atoms with van der Waals surface area (Å²) in [5.74, 6) is -4.11. The van der Waals surface area contributed by atoms with Crippen LogP contribution in [-0.4, -0.2) is 34.3 Å². The van der Waals surface area contributed by atoms with E-state index in [4.69, 9.17) is 5.11 Å². The Labute approximate surface area is 121 Å². The van der Waals surface area contributed by atoms with Crippen molar-refractivity contribution in [3.05, 3.63) is 29.3 Å². The molecule has 0 saturated carbocycles. The number of phenols is 1. The fourth-order valence-electron chi connectivity index (χ4n) is 2.60. The number of carbonyl (C=O) groups excluding carboxylic acids is 2. The molecule has 0 aliphatic carbocycles. The van der Waals surface area contributed by atoms with Gasteiger partial charge in [0.25, 0.3) is 5.91 Å². The van der Waals surface area contributed by atoms with Gasteiger partial charge in [-0.05, 0) is 31.4 Å². The number of amides is 1. The summed E-state index contributed by atoms with van der Waals surface area (Å²) in [4.78, 5) is 25.7. The lowest BCUT2D eigenvalue weighted by molar-refractivity contribution is -0.124. The molecule has 0 spiro atoms. The summed E-state index contributed by atoms with van der Waals surface area (Å²) in [5.41, 5.74) is -0.196. The number of benzene rings is 1. The molecule has 1 atom stereocenters. The Morgan fingerprint density at radius 1 is 1.29 bits per heavy atom. The molecule has 1 aliphatic heterocycles. The van der Waals surface area contributed by atoms with Crippen molar-refractivity contribution >= 4 is 11.7 Å². The van der Waals surface area contributed by atoms with Gasteiger partial charge in [0.2, 0.25) is 0 Å². The largest absolute Gasteiger partial charge is 0.503 e. The fraction of sp³-hybridized carbons (Fsp3) is 0.467. The van der Waals surface area contributed by atoms with Crippen LogP contribution in [0.1, 0.15) is 43.0 Å². The molecule has 1 aromatic rings. The van der Waals surface area contributed by atoms with Crippen LogP contribution in [0.4, 0.5) is 8.78 Å². The number of rotatable bonds is 3. The number of carbonyl (C=O) groups is 2. The smallest absolute Gasteiger partial charge is 0.254 e. The minimum Gasteiger partial charge on any atom is -0.503 e. The van der Waals surface area contributed by atoms with E-state index >= 15 is 0 Å². The first kappa shape index (κ1) is 15.4. The SMILES string of the molecule is CCC(=O)[C@@H]1CCCCN1C(=O)c1cc(F)c(O)c(F)c1. The van der Waals surface area contributed by atoms with Crippen LogP contribution >= 0.6 is 0 Å². The number of halogens is 2. The fourth-order valence-corrected chi connectivity index (χ4v) is 2.60. The first-order chi connectivity index (χ1) is 9.95. The van der Waals surface area contributed by atoms with Crippen molar-refractivity contribution in [1.82, 2.24) is 4.90 Å². The molecule has 0 radical (unpaired) electrons. The number of hydrogen-bond donors (Lipinski definition) is 1. The van der Waals surface area contributed by atoms with Gasteiger partial charge < -0.3 is 10.0 Å². The highest BCUT2D eigenvalue weighted by molar-refractivity contribution is 5.98. The van der Waals surface area contributed by atoms with E-state index in [2.05, 4.69) is 0 Å². The summed E-state index contributed by atoms with van der Waals surface area (Å²) < 4.78 is 26.7. The van der Waals surface area contributed by atoms with Crippen LogP contribution in [0, 0.1) is 11.6 Å². The third-order valence-electron chi connectivity index (χ3n) is 3.75. The highest BCUT2D eigenvalue weighted by Gasteiger charge is 2.32. The number of nitrogens with zero attached hydrogens (tertiary/aromatic N) is 1. The molecule has 1 aromatic carbocycles. The molecule has 2 rings (SSSR count). The second-order valence-electron chi connectivity index (χ2n) is 5.12. The molecule has 0 aromatic heterocycles. The maximum Gasteiger partial charge on any atom is 0.254 e. The molecule has 0 unspecified atom stereocenters. The molecule has 1 heterocycles. The lowest BCUT2D eigenvalue weighted by Gasteiger charge is -2.34. The Morgan fingerprint density at radius 3 is 2.48 bits per heavy atom. The quantitative estimate of drug-likeness (QED) is 0.933. The summed E-state index contributed by atoms with van der Waals surface area (Å²) >= 11 is 0. The van der Waals surface area contributed by atoms with E-state index in [1.165, 1.54) is 4.90 Å². The van der Waals surface area contributed by atoms with Crippen molar-refractivity contribution in [2.45, 2.75) is 38.6 Å². The third kappa shape index (κ3) is 3.04. The predicted octanol–water partition coefficient (Wildman–Crippen LogP) is 2.64. The summed E-state index contributed by atoms with van der Waals surface area (Å²) in [5, 5.41) is 9.07. The van der Waals surface area contributed by atoms with Crippen molar-refractivity contribution in [3.8, 4) is 5.75 Å². The van der Waals surface area contributed by atoms with Gasteiger partial charge in [-0.3, -0.25) is 9.59 Å². The van der Waals surface area contributed by atoms with E-state index in [1.54, 1.807) is 6.92 Å². The number of hydrogen-bond acceptors (Lipinski definition) is 3. The average molecular weight is 297 g/mol. The molecule has 6 heteroatoms. The van der Waals surface area contributed by atoms with Crippen LogP contribution in [0.25, 0.3) is 0 Å². The second kappa shape index (κ2) is 6.20. The molecule has 1 fully saturated rings. The summed E-state index contributed by atoms with van der Waals surface area (Å²) in [6.07, 6.45) is 2.48. The molecule has 4 nitrogen and oxygen atoms in total. The van der Waals surface area contributed by atoms with Crippen LogP contribution in [0.15, 0.2) is 12.1 Å². The van der Waals surface area contributed by atoms with Gasteiger partial charge >= 0.3 is 0 Å². The summed E-state index contributed by atoms with van der Waals surface area (Å²) in [6, 6.07) is 1.06. The lowest BCUT2D eigenvalue weighted by atomic mass is 9.96. The molecule has 114 valence electrons. The van der Waals surface area contributed by atoms with Crippen LogP contribution in [0.5, 0.6) is 5.75 Å². The van der Waals surface area contributed by atoms with Crippen LogP contribution < -0.4 is 0 Å². The van der Waals surface area contributed by atoms with Crippen molar-refractivity contribution in [2.75, 3.05) is 6.54 Å². The Balaban J connectivity index is 2.31. The number of Topliss-reactive ketones (excluding diaryl/α,β-unsaturated/α-hetero) is 1. The molecule has 1 amide bonds. The number of likely N-dealkylation sites (tertiary alicyclic amines) is 1. The van der Waals surface area contributed by atoms with Crippen molar-refractivity contribution in [3.63, 3.8) is 0 Å².